The van der Waals surface area contributed by atoms with Crippen LogP contribution in [-0.4, -0.2) is 21.0 Å². The summed E-state index contributed by atoms with van der Waals surface area (Å²) in [5.41, 5.74) is 5.37. The molecule has 1 N–H and O–H groups in total. The number of aromatic nitrogens is 2. The Kier molecular flexibility index (Phi) is 4.45. The van der Waals surface area contributed by atoms with E-state index in [0.717, 1.165) is 49.9 Å². The van der Waals surface area contributed by atoms with Crippen molar-refractivity contribution in [3.05, 3.63) is 58.2 Å². The first-order valence-electron chi connectivity index (χ1n) is 10.9. The van der Waals surface area contributed by atoms with Crippen LogP contribution in [-0.2, 0) is 29.5 Å². The summed E-state index contributed by atoms with van der Waals surface area (Å²) in [6, 6.07) is 8.28. The molecule has 0 unspecified atom stereocenters. The molecular weight excluding hydrogens is 348 g/mol. The fourth-order valence-corrected chi connectivity index (χ4v) is 5.34. The fraction of sp³-hybridized carbons (Fsp3) is 0.542. The Labute approximate surface area is 166 Å². The lowest BCUT2D eigenvalue weighted by atomic mass is 9.64. The molecule has 2 aromatic rings. The van der Waals surface area contributed by atoms with Crippen molar-refractivity contribution < 1.29 is 9.90 Å². The van der Waals surface area contributed by atoms with E-state index in [4.69, 9.17) is 9.97 Å². The van der Waals surface area contributed by atoms with Gasteiger partial charge in [-0.15, -0.1) is 0 Å². The van der Waals surface area contributed by atoms with E-state index in [2.05, 4.69) is 12.1 Å². The number of nitrogens with zero attached hydrogens (tertiary/aromatic N) is 2. The van der Waals surface area contributed by atoms with Gasteiger partial charge in [0.2, 0.25) is 0 Å². The van der Waals surface area contributed by atoms with Crippen LogP contribution in [0.1, 0.15) is 91.2 Å². The third-order valence-electron chi connectivity index (χ3n) is 7.25. The summed E-state index contributed by atoms with van der Waals surface area (Å²) in [6.07, 6.45) is 11.8. The molecule has 146 valence electrons. The van der Waals surface area contributed by atoms with Crippen LogP contribution in [0, 0.1) is 0 Å². The normalized spacial score (nSPS) is 20.7. The number of carboxylic acids is 1. The van der Waals surface area contributed by atoms with Crippen LogP contribution in [0.2, 0.25) is 0 Å². The lowest BCUT2D eigenvalue weighted by molar-refractivity contribution is -0.147. The third-order valence-corrected chi connectivity index (χ3v) is 7.25. The van der Waals surface area contributed by atoms with Crippen LogP contribution in [0.3, 0.4) is 0 Å². The van der Waals surface area contributed by atoms with Crippen molar-refractivity contribution in [1.82, 2.24) is 9.97 Å². The Morgan fingerprint density at radius 3 is 2.39 bits per heavy atom. The predicted molar refractivity (Wildman–Crippen MR) is 108 cm³/mol. The molecule has 0 atom stereocenters. The van der Waals surface area contributed by atoms with Gasteiger partial charge in [0.15, 0.2) is 0 Å². The summed E-state index contributed by atoms with van der Waals surface area (Å²) in [4.78, 5) is 21.7. The largest absolute Gasteiger partial charge is 0.481 e. The number of carboxylic acid groups (broad SMARTS) is 1. The van der Waals surface area contributed by atoms with Crippen LogP contribution in [0.15, 0.2) is 24.3 Å². The quantitative estimate of drug-likeness (QED) is 0.820. The number of benzene rings is 1. The van der Waals surface area contributed by atoms with Gasteiger partial charge in [-0.1, -0.05) is 43.5 Å². The van der Waals surface area contributed by atoms with E-state index in [1.165, 1.54) is 54.6 Å². The lowest BCUT2D eigenvalue weighted by Gasteiger charge is -2.38. The van der Waals surface area contributed by atoms with Crippen LogP contribution >= 0.6 is 0 Å². The molecule has 1 aromatic carbocycles. The first-order chi connectivity index (χ1) is 13.7. The van der Waals surface area contributed by atoms with Crippen molar-refractivity contribution in [3.63, 3.8) is 0 Å². The lowest BCUT2D eigenvalue weighted by Crippen LogP contribution is -2.42. The number of hydrogen-bond donors (Lipinski definition) is 1. The van der Waals surface area contributed by atoms with Crippen molar-refractivity contribution in [2.75, 3.05) is 0 Å². The molecule has 3 aliphatic carbocycles. The second-order valence-electron chi connectivity index (χ2n) is 8.90. The van der Waals surface area contributed by atoms with Gasteiger partial charge in [-0.05, 0) is 61.6 Å². The standard InChI is InChI=1S/C24H28N2O2/c27-23(28)24(13-4-14-24)18-11-9-16(10-12-18)15-21-19-7-3-8-20(19)25-22(26-21)17-5-1-2-6-17/h9-12,17H,1-8,13-15H2,(H,27,28). The zero-order valence-corrected chi connectivity index (χ0v) is 16.4. The monoisotopic (exact) mass is 376 g/mol. The molecule has 0 amide bonds. The van der Waals surface area contributed by atoms with E-state index in [1.807, 2.05) is 12.1 Å². The van der Waals surface area contributed by atoms with Crippen molar-refractivity contribution in [2.45, 2.75) is 82.0 Å². The number of aliphatic carboxylic acids is 1. The highest BCUT2D eigenvalue weighted by Gasteiger charge is 2.45. The van der Waals surface area contributed by atoms with Gasteiger partial charge in [-0.25, -0.2) is 9.97 Å². The zero-order chi connectivity index (χ0) is 19.1. The van der Waals surface area contributed by atoms with E-state index >= 15 is 0 Å². The average molecular weight is 377 g/mol. The van der Waals surface area contributed by atoms with E-state index in [0.29, 0.717) is 5.92 Å². The molecule has 0 bridgehead atoms. The Hall–Kier alpha value is -2.23. The van der Waals surface area contributed by atoms with Gasteiger partial charge < -0.3 is 5.11 Å². The number of fused-ring (bicyclic) bond motifs is 1. The minimum absolute atomic E-state index is 0.543. The Morgan fingerprint density at radius 1 is 1.00 bits per heavy atom. The first-order valence-corrected chi connectivity index (χ1v) is 10.9. The molecule has 2 saturated carbocycles. The van der Waals surface area contributed by atoms with Crippen LogP contribution in [0.25, 0.3) is 0 Å². The number of aryl methyl sites for hydroxylation is 1. The van der Waals surface area contributed by atoms with Crippen LogP contribution in [0.5, 0.6) is 0 Å². The highest BCUT2D eigenvalue weighted by Crippen LogP contribution is 2.44. The van der Waals surface area contributed by atoms with Gasteiger partial charge in [0, 0.05) is 18.0 Å². The van der Waals surface area contributed by atoms with E-state index in [9.17, 15) is 9.90 Å². The molecule has 1 heterocycles. The van der Waals surface area contributed by atoms with Crippen LogP contribution < -0.4 is 0 Å². The van der Waals surface area contributed by atoms with Gasteiger partial charge in [-0.2, -0.15) is 0 Å². The van der Waals surface area contributed by atoms with Crippen LogP contribution in [0.4, 0.5) is 0 Å². The Balaban J connectivity index is 1.42. The maximum Gasteiger partial charge on any atom is 0.314 e. The molecule has 5 rings (SSSR count). The summed E-state index contributed by atoms with van der Waals surface area (Å²) >= 11 is 0. The van der Waals surface area contributed by atoms with Gasteiger partial charge in [0.1, 0.15) is 5.82 Å². The van der Waals surface area contributed by atoms with Gasteiger partial charge in [0.05, 0.1) is 11.1 Å². The molecule has 4 heteroatoms. The van der Waals surface area contributed by atoms with Crippen molar-refractivity contribution >= 4 is 5.97 Å². The SMILES string of the molecule is O=C(O)C1(c2ccc(Cc3nc(C4CCCC4)nc4c3CCC4)cc2)CCC1. The van der Waals surface area contributed by atoms with Gasteiger partial charge in [0.25, 0.3) is 0 Å². The summed E-state index contributed by atoms with van der Waals surface area (Å²) in [7, 11) is 0. The van der Waals surface area contributed by atoms with Crippen molar-refractivity contribution in [1.29, 1.82) is 0 Å². The molecule has 1 aromatic heterocycles. The summed E-state index contributed by atoms with van der Waals surface area (Å²) < 4.78 is 0. The fourth-order valence-electron chi connectivity index (χ4n) is 5.34. The third kappa shape index (κ3) is 2.94. The maximum atomic E-state index is 11.8. The second-order valence-corrected chi connectivity index (χ2v) is 8.90. The zero-order valence-electron chi connectivity index (χ0n) is 16.4. The van der Waals surface area contributed by atoms with Crippen molar-refractivity contribution in [3.8, 4) is 0 Å². The predicted octanol–water partition coefficient (Wildman–Crippen LogP) is 4.72. The van der Waals surface area contributed by atoms with E-state index < -0.39 is 11.4 Å². The highest BCUT2D eigenvalue weighted by molar-refractivity contribution is 5.82. The van der Waals surface area contributed by atoms with Gasteiger partial charge >= 0.3 is 5.97 Å². The molecule has 0 saturated heterocycles. The first kappa shape index (κ1) is 17.8. The number of carbonyl (C=O) groups is 1. The summed E-state index contributed by atoms with van der Waals surface area (Å²) in [5, 5.41) is 9.66. The average Bonchev–Trinajstić information content (AvgIpc) is 3.33. The van der Waals surface area contributed by atoms with E-state index in [1.54, 1.807) is 0 Å². The number of hydrogen-bond acceptors (Lipinski definition) is 3. The Morgan fingerprint density at radius 2 is 1.75 bits per heavy atom. The highest BCUT2D eigenvalue weighted by atomic mass is 16.4. The Bertz CT molecular complexity index is 894. The summed E-state index contributed by atoms with van der Waals surface area (Å²) in [5.74, 6) is 0.937. The second kappa shape index (κ2) is 6.98. The maximum absolute atomic E-state index is 11.8. The summed E-state index contributed by atoms with van der Waals surface area (Å²) in [6.45, 7) is 0. The molecular formula is C24H28N2O2. The smallest absolute Gasteiger partial charge is 0.314 e. The molecule has 28 heavy (non-hydrogen) atoms. The molecule has 0 radical (unpaired) electrons. The van der Waals surface area contributed by atoms with E-state index in [-0.39, 0.29) is 0 Å². The molecule has 0 aliphatic heterocycles. The van der Waals surface area contributed by atoms with Crippen molar-refractivity contribution in [2.24, 2.45) is 0 Å². The van der Waals surface area contributed by atoms with Gasteiger partial charge in [-0.3, -0.25) is 4.79 Å². The molecule has 4 nitrogen and oxygen atoms in total. The minimum atomic E-state index is -0.679. The molecule has 0 spiro atoms. The molecule has 2 fully saturated rings. The number of rotatable bonds is 5. The topological polar surface area (TPSA) is 63.1 Å². The molecule has 3 aliphatic rings. The minimum Gasteiger partial charge on any atom is -0.481 e.